The fourth-order valence-electron chi connectivity index (χ4n) is 3.34. The number of unbranched alkanes of at least 4 members (excludes halogenated alkanes) is 1. The molecule has 1 saturated heterocycles. The van der Waals surface area contributed by atoms with E-state index in [2.05, 4.69) is 16.0 Å². The molecule has 1 aromatic rings. The predicted octanol–water partition coefficient (Wildman–Crippen LogP) is -2.45. The van der Waals surface area contributed by atoms with Gasteiger partial charge < -0.3 is 40.9 Å². The van der Waals surface area contributed by atoms with Gasteiger partial charge in [0.1, 0.15) is 36.7 Å². The Labute approximate surface area is 190 Å². The summed E-state index contributed by atoms with van der Waals surface area (Å²) in [6.07, 6.45) is -5.37. The number of ether oxygens (including phenoxy) is 1. The van der Waals surface area contributed by atoms with Crippen LogP contribution in [0.1, 0.15) is 29.6 Å². The largest absolute Gasteiger partial charge is 0.480 e. The van der Waals surface area contributed by atoms with E-state index in [1.54, 1.807) is 30.3 Å². The molecule has 0 saturated carbocycles. The highest BCUT2D eigenvalue weighted by molar-refractivity contribution is 5.96. The molecule has 2 rings (SSSR count). The third kappa shape index (κ3) is 8.03. The van der Waals surface area contributed by atoms with Crippen LogP contribution in [0, 0.1) is 0 Å². The van der Waals surface area contributed by atoms with Gasteiger partial charge in [-0.15, -0.1) is 0 Å². The third-order valence-electron chi connectivity index (χ3n) is 5.24. The summed E-state index contributed by atoms with van der Waals surface area (Å²) in [7, 11) is 0. The summed E-state index contributed by atoms with van der Waals surface area (Å²) < 4.78 is 5.32. The molecule has 0 spiro atoms. The predicted molar refractivity (Wildman–Crippen MR) is 114 cm³/mol. The molecular weight excluding hydrogens is 438 g/mol. The number of carbonyl (C=O) groups excluding carboxylic acids is 2. The zero-order valence-corrected chi connectivity index (χ0v) is 18.0. The van der Waals surface area contributed by atoms with E-state index in [0.29, 0.717) is 18.4 Å². The summed E-state index contributed by atoms with van der Waals surface area (Å²) in [6, 6.07) is 7.15. The maximum atomic E-state index is 12.0. The molecule has 6 atom stereocenters. The summed E-state index contributed by atoms with van der Waals surface area (Å²) >= 11 is 0. The van der Waals surface area contributed by atoms with Gasteiger partial charge in [0.25, 0.3) is 5.91 Å². The van der Waals surface area contributed by atoms with E-state index >= 15 is 0 Å². The van der Waals surface area contributed by atoms with E-state index in [0.717, 1.165) is 0 Å². The van der Waals surface area contributed by atoms with Gasteiger partial charge in [-0.25, -0.2) is 4.79 Å². The minimum Gasteiger partial charge on any atom is -0.480 e. The van der Waals surface area contributed by atoms with Crippen LogP contribution in [0.2, 0.25) is 0 Å². The van der Waals surface area contributed by atoms with Gasteiger partial charge >= 0.3 is 5.97 Å². The number of rotatable bonds is 12. The quantitative estimate of drug-likeness (QED) is 0.152. The number of carboxylic acids is 1. The molecule has 1 aliphatic heterocycles. The first-order valence-corrected chi connectivity index (χ1v) is 10.6. The van der Waals surface area contributed by atoms with E-state index in [9.17, 15) is 39.9 Å². The van der Waals surface area contributed by atoms with Gasteiger partial charge in [-0.1, -0.05) is 18.2 Å². The van der Waals surface area contributed by atoms with Crippen LogP contribution in [0.3, 0.4) is 0 Å². The number of nitrogens with one attached hydrogen (secondary N) is 3. The van der Waals surface area contributed by atoms with Crippen molar-refractivity contribution in [2.45, 2.75) is 55.9 Å². The Bertz CT molecular complexity index is 778. The maximum Gasteiger partial charge on any atom is 0.326 e. The van der Waals surface area contributed by atoms with Crippen molar-refractivity contribution in [2.24, 2.45) is 0 Å². The van der Waals surface area contributed by atoms with Crippen molar-refractivity contribution in [2.75, 3.05) is 19.7 Å². The van der Waals surface area contributed by atoms with Crippen molar-refractivity contribution in [1.29, 1.82) is 0 Å². The maximum absolute atomic E-state index is 12.0. The Kier molecular flexibility index (Phi) is 10.6. The molecule has 0 bridgehead atoms. The van der Waals surface area contributed by atoms with Crippen molar-refractivity contribution in [3.05, 3.63) is 35.9 Å². The van der Waals surface area contributed by atoms with Gasteiger partial charge in [0, 0.05) is 5.56 Å². The second kappa shape index (κ2) is 13.2. The van der Waals surface area contributed by atoms with E-state index in [1.165, 1.54) is 0 Å². The van der Waals surface area contributed by atoms with E-state index in [-0.39, 0.29) is 19.5 Å². The number of carbonyl (C=O) groups is 3. The van der Waals surface area contributed by atoms with Gasteiger partial charge in [0.15, 0.2) is 0 Å². The lowest BCUT2D eigenvalue weighted by atomic mass is 9.98. The fourth-order valence-corrected chi connectivity index (χ4v) is 3.34. The van der Waals surface area contributed by atoms with E-state index in [4.69, 9.17) is 4.74 Å². The number of amides is 2. The van der Waals surface area contributed by atoms with Crippen LogP contribution in [0.15, 0.2) is 30.3 Å². The molecule has 0 aliphatic carbocycles. The molecule has 0 radical (unpaired) electrons. The lowest BCUT2D eigenvalue weighted by molar-refractivity contribution is -0.236. The zero-order valence-electron chi connectivity index (χ0n) is 18.0. The molecule has 1 heterocycles. The van der Waals surface area contributed by atoms with Crippen LogP contribution < -0.4 is 16.0 Å². The molecule has 2 amide bonds. The average molecular weight is 469 g/mol. The number of aliphatic hydroxyl groups excluding tert-OH is 4. The Morgan fingerprint density at radius 3 is 2.33 bits per heavy atom. The molecule has 12 heteroatoms. The zero-order chi connectivity index (χ0) is 24.4. The van der Waals surface area contributed by atoms with Gasteiger partial charge in [0.2, 0.25) is 5.91 Å². The molecule has 12 nitrogen and oxygen atoms in total. The number of carboxylic acid groups (broad SMARTS) is 1. The monoisotopic (exact) mass is 469 g/mol. The minimum atomic E-state index is -1.48. The average Bonchev–Trinajstić information content (AvgIpc) is 2.81. The second-order valence-corrected chi connectivity index (χ2v) is 7.71. The summed E-state index contributed by atoms with van der Waals surface area (Å²) in [5.41, 5.74) is 0.381. The summed E-state index contributed by atoms with van der Waals surface area (Å²) in [5, 5.41) is 55.7. The first kappa shape index (κ1) is 26.6. The topological polar surface area (TPSA) is 198 Å². The number of benzene rings is 1. The van der Waals surface area contributed by atoms with Gasteiger partial charge in [-0.3, -0.25) is 14.9 Å². The lowest BCUT2D eigenvalue weighted by Gasteiger charge is -2.40. The van der Waals surface area contributed by atoms with Gasteiger partial charge in [-0.2, -0.15) is 0 Å². The summed E-state index contributed by atoms with van der Waals surface area (Å²) in [5.74, 6) is -2.29. The van der Waals surface area contributed by atoms with Crippen molar-refractivity contribution in [3.63, 3.8) is 0 Å². The van der Waals surface area contributed by atoms with Crippen molar-refractivity contribution >= 4 is 17.8 Å². The molecule has 1 fully saturated rings. The van der Waals surface area contributed by atoms with Crippen LogP contribution in [-0.2, 0) is 14.3 Å². The summed E-state index contributed by atoms with van der Waals surface area (Å²) in [6.45, 7) is -0.610. The second-order valence-electron chi connectivity index (χ2n) is 7.71. The SMILES string of the molecule is O=C(CNC(=O)c1ccccc1)N[C@@H](CCCCN[C@@H]1O[C@H](CO)[C@@H](O)[C@H](O)[C@H]1O)C(=O)O. The molecule has 0 aromatic heterocycles. The molecule has 33 heavy (non-hydrogen) atoms. The van der Waals surface area contributed by atoms with Crippen LogP contribution in [0.4, 0.5) is 0 Å². The Hall–Kier alpha value is -2.61. The molecule has 1 aliphatic rings. The highest BCUT2D eigenvalue weighted by Crippen LogP contribution is 2.19. The van der Waals surface area contributed by atoms with E-state index < -0.39 is 61.1 Å². The van der Waals surface area contributed by atoms with Crippen LogP contribution >= 0.6 is 0 Å². The molecular formula is C21H31N3O9. The lowest BCUT2D eigenvalue weighted by Crippen LogP contribution is -2.62. The molecule has 1 aromatic carbocycles. The van der Waals surface area contributed by atoms with E-state index in [1.807, 2.05) is 0 Å². The Balaban J connectivity index is 1.69. The highest BCUT2D eigenvalue weighted by atomic mass is 16.6. The first-order chi connectivity index (χ1) is 15.7. The Morgan fingerprint density at radius 1 is 1.00 bits per heavy atom. The Morgan fingerprint density at radius 2 is 1.70 bits per heavy atom. The molecule has 184 valence electrons. The van der Waals surface area contributed by atoms with Crippen molar-refractivity contribution in [3.8, 4) is 0 Å². The fraction of sp³-hybridized carbons (Fsp3) is 0.571. The number of aliphatic hydroxyl groups is 4. The normalized spacial score (nSPS) is 25.8. The smallest absolute Gasteiger partial charge is 0.326 e. The first-order valence-electron chi connectivity index (χ1n) is 10.6. The standard InChI is InChI=1S/C21H31N3O9/c25-11-14-16(27)17(28)18(29)20(33-14)22-9-5-4-8-13(21(31)32)24-15(26)10-23-19(30)12-6-2-1-3-7-12/h1-3,6-7,13-14,16-18,20,22,25,27-29H,4-5,8-11H2,(H,23,30)(H,24,26)(H,31,32)/t13-,14+,16+,17-,18+,20+/m0/s1. The van der Waals surface area contributed by atoms with Crippen molar-refractivity contribution in [1.82, 2.24) is 16.0 Å². The summed E-state index contributed by atoms with van der Waals surface area (Å²) in [4.78, 5) is 35.4. The molecule has 8 N–H and O–H groups in total. The van der Waals surface area contributed by atoms with Crippen LogP contribution in [-0.4, -0.2) is 99.7 Å². The van der Waals surface area contributed by atoms with Crippen molar-refractivity contribution < 1.29 is 44.7 Å². The van der Waals surface area contributed by atoms with Crippen LogP contribution in [0.25, 0.3) is 0 Å². The minimum absolute atomic E-state index is 0.129. The molecule has 0 unspecified atom stereocenters. The number of hydrogen-bond acceptors (Lipinski definition) is 9. The highest BCUT2D eigenvalue weighted by Gasteiger charge is 2.43. The van der Waals surface area contributed by atoms with Gasteiger partial charge in [-0.05, 0) is 37.9 Å². The van der Waals surface area contributed by atoms with Crippen LogP contribution in [0.5, 0.6) is 0 Å². The third-order valence-corrected chi connectivity index (χ3v) is 5.24. The van der Waals surface area contributed by atoms with Gasteiger partial charge in [0.05, 0.1) is 13.2 Å². The number of aliphatic carboxylic acids is 1. The number of hydrogen-bond donors (Lipinski definition) is 8.